The first kappa shape index (κ1) is 17.3. The van der Waals surface area contributed by atoms with Crippen LogP contribution < -0.4 is 10.6 Å². The van der Waals surface area contributed by atoms with Crippen molar-refractivity contribution >= 4 is 28.9 Å². The summed E-state index contributed by atoms with van der Waals surface area (Å²) < 4.78 is 0. The Morgan fingerprint density at radius 3 is 2.39 bits per heavy atom. The molecule has 1 saturated heterocycles. The fourth-order valence-electron chi connectivity index (χ4n) is 3.79. The van der Waals surface area contributed by atoms with Gasteiger partial charge < -0.3 is 10.6 Å². The van der Waals surface area contributed by atoms with E-state index in [2.05, 4.69) is 15.9 Å². The van der Waals surface area contributed by atoms with Crippen LogP contribution in [0.4, 0.5) is 5.69 Å². The van der Waals surface area contributed by atoms with E-state index in [9.17, 15) is 0 Å². The van der Waals surface area contributed by atoms with E-state index in [-0.39, 0.29) is 0 Å². The summed E-state index contributed by atoms with van der Waals surface area (Å²) in [6.07, 6.45) is 6.39. The molecule has 3 nitrogen and oxygen atoms in total. The number of hydrogen-bond acceptors (Lipinski definition) is 3. The van der Waals surface area contributed by atoms with Crippen molar-refractivity contribution in [2.75, 3.05) is 37.6 Å². The maximum atomic E-state index is 6.34. The van der Waals surface area contributed by atoms with E-state index in [1.807, 2.05) is 12.1 Å². The van der Waals surface area contributed by atoms with Gasteiger partial charge in [-0.05, 0) is 56.7 Å². The largest absolute Gasteiger partial charge is 0.368 e. The summed E-state index contributed by atoms with van der Waals surface area (Å²) in [5.41, 5.74) is 7.06. The highest BCUT2D eigenvalue weighted by atomic mass is 35.5. The minimum absolute atomic E-state index is 0.456. The van der Waals surface area contributed by atoms with Gasteiger partial charge in [0.1, 0.15) is 0 Å². The molecule has 0 amide bonds. The van der Waals surface area contributed by atoms with Gasteiger partial charge in [-0.25, -0.2) is 0 Å². The van der Waals surface area contributed by atoms with E-state index in [1.54, 1.807) is 0 Å². The Labute approximate surface area is 149 Å². The average Bonchev–Trinajstić information content (AvgIpc) is 2.57. The molecule has 3 rings (SSSR count). The molecule has 2 fully saturated rings. The molecule has 5 heteroatoms. The predicted octanol–water partition coefficient (Wildman–Crippen LogP) is 4.02. The number of hydrogen-bond donors (Lipinski definition) is 1. The third-order valence-electron chi connectivity index (χ3n) is 5.39. The fraction of sp³-hybridized carbons (Fsp3) is 0.667. The Morgan fingerprint density at radius 1 is 1.00 bits per heavy atom. The van der Waals surface area contributed by atoms with Crippen molar-refractivity contribution in [1.82, 2.24) is 4.90 Å². The van der Waals surface area contributed by atoms with Crippen LogP contribution in [0.25, 0.3) is 0 Å². The van der Waals surface area contributed by atoms with Crippen LogP contribution in [0.1, 0.15) is 32.1 Å². The number of halogens is 2. The molecule has 1 heterocycles. The summed E-state index contributed by atoms with van der Waals surface area (Å²) in [5, 5.41) is 1.32. The van der Waals surface area contributed by atoms with Crippen LogP contribution in [-0.4, -0.2) is 43.7 Å². The summed E-state index contributed by atoms with van der Waals surface area (Å²) in [5.74, 6) is 0.884. The topological polar surface area (TPSA) is 32.5 Å². The number of rotatable bonds is 4. The van der Waals surface area contributed by atoms with Crippen LogP contribution in [-0.2, 0) is 0 Å². The molecule has 1 aromatic carbocycles. The SMILES string of the molecule is NC1CCC(CCN2CCN(c3cccc(Cl)c3Cl)CC2)CC1. The van der Waals surface area contributed by atoms with E-state index in [1.165, 1.54) is 38.6 Å². The molecule has 1 aromatic rings. The van der Waals surface area contributed by atoms with Gasteiger partial charge >= 0.3 is 0 Å². The standard InChI is InChI=1S/C18H27Cl2N3/c19-16-2-1-3-17(18(16)20)23-12-10-22(11-13-23)9-8-14-4-6-15(21)7-5-14/h1-3,14-15H,4-13,21H2. The van der Waals surface area contributed by atoms with Gasteiger partial charge in [0.25, 0.3) is 0 Å². The highest BCUT2D eigenvalue weighted by molar-refractivity contribution is 6.43. The molecule has 1 aliphatic heterocycles. The highest BCUT2D eigenvalue weighted by Crippen LogP contribution is 2.33. The molecule has 0 atom stereocenters. The van der Waals surface area contributed by atoms with Crippen LogP contribution in [0.5, 0.6) is 0 Å². The number of piperazine rings is 1. The second kappa shape index (κ2) is 8.06. The van der Waals surface area contributed by atoms with Crippen LogP contribution in [0, 0.1) is 5.92 Å². The zero-order chi connectivity index (χ0) is 16.2. The minimum Gasteiger partial charge on any atom is -0.368 e. The number of nitrogens with two attached hydrogens (primary N) is 1. The maximum Gasteiger partial charge on any atom is 0.0825 e. The molecule has 0 radical (unpaired) electrons. The van der Waals surface area contributed by atoms with Crippen LogP contribution in [0.15, 0.2) is 18.2 Å². The number of anilines is 1. The molecule has 0 bridgehead atoms. The zero-order valence-electron chi connectivity index (χ0n) is 13.7. The highest BCUT2D eigenvalue weighted by Gasteiger charge is 2.22. The minimum atomic E-state index is 0.456. The van der Waals surface area contributed by atoms with Crippen molar-refractivity contribution in [3.8, 4) is 0 Å². The normalized spacial score (nSPS) is 26.5. The van der Waals surface area contributed by atoms with Crippen LogP contribution in [0.3, 0.4) is 0 Å². The first-order valence-corrected chi connectivity index (χ1v) is 9.56. The zero-order valence-corrected chi connectivity index (χ0v) is 15.2. The molecule has 23 heavy (non-hydrogen) atoms. The molecule has 1 saturated carbocycles. The predicted molar refractivity (Wildman–Crippen MR) is 99.7 cm³/mol. The van der Waals surface area contributed by atoms with Crippen molar-refractivity contribution in [3.05, 3.63) is 28.2 Å². The lowest BCUT2D eigenvalue weighted by atomic mass is 9.84. The second-order valence-electron chi connectivity index (χ2n) is 6.97. The molecule has 2 aliphatic rings. The van der Waals surface area contributed by atoms with Gasteiger partial charge in [-0.3, -0.25) is 4.90 Å². The maximum absolute atomic E-state index is 6.34. The van der Waals surface area contributed by atoms with Gasteiger partial charge in [0.2, 0.25) is 0 Å². The lowest BCUT2D eigenvalue weighted by Gasteiger charge is -2.37. The Bertz CT molecular complexity index is 507. The first-order chi connectivity index (χ1) is 11.1. The average molecular weight is 356 g/mol. The van der Waals surface area contributed by atoms with E-state index in [0.29, 0.717) is 16.1 Å². The Hall–Kier alpha value is -0.480. The summed E-state index contributed by atoms with van der Waals surface area (Å²) >= 11 is 12.5. The third-order valence-corrected chi connectivity index (χ3v) is 6.20. The molecule has 0 aromatic heterocycles. The Morgan fingerprint density at radius 2 is 1.70 bits per heavy atom. The fourth-order valence-corrected chi connectivity index (χ4v) is 4.21. The summed E-state index contributed by atoms with van der Waals surface area (Å²) in [4.78, 5) is 4.94. The first-order valence-electron chi connectivity index (χ1n) is 8.80. The van der Waals surface area contributed by atoms with E-state index < -0.39 is 0 Å². The van der Waals surface area contributed by atoms with Crippen molar-refractivity contribution < 1.29 is 0 Å². The molecule has 1 aliphatic carbocycles. The van der Waals surface area contributed by atoms with Gasteiger partial charge in [-0.15, -0.1) is 0 Å². The third kappa shape index (κ3) is 4.54. The van der Waals surface area contributed by atoms with E-state index in [0.717, 1.165) is 37.8 Å². The van der Waals surface area contributed by atoms with Gasteiger partial charge in [0, 0.05) is 32.2 Å². The molecular formula is C18H27Cl2N3. The van der Waals surface area contributed by atoms with Gasteiger partial charge in [-0.1, -0.05) is 29.3 Å². The molecule has 128 valence electrons. The van der Waals surface area contributed by atoms with E-state index in [4.69, 9.17) is 28.9 Å². The summed E-state index contributed by atoms with van der Waals surface area (Å²) in [6.45, 7) is 5.48. The van der Waals surface area contributed by atoms with Crippen molar-refractivity contribution in [1.29, 1.82) is 0 Å². The quantitative estimate of drug-likeness (QED) is 0.884. The summed E-state index contributed by atoms with van der Waals surface area (Å²) in [7, 11) is 0. The van der Waals surface area contributed by atoms with E-state index >= 15 is 0 Å². The monoisotopic (exact) mass is 355 g/mol. The molecule has 0 spiro atoms. The van der Waals surface area contributed by atoms with Crippen LogP contribution in [0.2, 0.25) is 10.0 Å². The Balaban J connectivity index is 1.44. The number of nitrogens with zero attached hydrogens (tertiary/aromatic N) is 2. The Kier molecular flexibility index (Phi) is 6.08. The van der Waals surface area contributed by atoms with Crippen molar-refractivity contribution in [3.63, 3.8) is 0 Å². The smallest absolute Gasteiger partial charge is 0.0825 e. The second-order valence-corrected chi connectivity index (χ2v) is 7.76. The van der Waals surface area contributed by atoms with Crippen molar-refractivity contribution in [2.24, 2.45) is 11.7 Å². The molecular weight excluding hydrogens is 329 g/mol. The molecule has 2 N–H and O–H groups in total. The lowest BCUT2D eigenvalue weighted by molar-refractivity contribution is 0.217. The van der Waals surface area contributed by atoms with Gasteiger partial charge in [0.05, 0.1) is 15.7 Å². The van der Waals surface area contributed by atoms with Crippen molar-refractivity contribution in [2.45, 2.75) is 38.1 Å². The van der Waals surface area contributed by atoms with Crippen LogP contribution >= 0.6 is 23.2 Å². The van der Waals surface area contributed by atoms with Gasteiger partial charge in [0.15, 0.2) is 0 Å². The molecule has 0 unspecified atom stereocenters. The summed E-state index contributed by atoms with van der Waals surface area (Å²) in [6, 6.07) is 6.34. The lowest BCUT2D eigenvalue weighted by Crippen LogP contribution is -2.47. The number of benzene rings is 1. The van der Waals surface area contributed by atoms with Gasteiger partial charge in [-0.2, -0.15) is 0 Å².